The highest BCUT2D eigenvalue weighted by Gasteiger charge is 2.48. The number of carbonyl (C=O) groups is 1. The zero-order valence-electron chi connectivity index (χ0n) is 32.5. The van der Waals surface area contributed by atoms with Gasteiger partial charge >= 0.3 is 5.69 Å². The molecule has 4 atom stereocenters. The molecule has 0 unspecified atom stereocenters. The van der Waals surface area contributed by atoms with Gasteiger partial charge in [-0.3, -0.25) is 9.36 Å². The summed E-state index contributed by atoms with van der Waals surface area (Å²) < 4.78 is 37.2. The Hall–Kier alpha value is -5.53. The van der Waals surface area contributed by atoms with Gasteiger partial charge < -0.3 is 38.8 Å². The van der Waals surface area contributed by atoms with Crippen LogP contribution < -0.4 is 25.2 Å². The molecule has 0 radical (unpaired) electrons. The predicted molar refractivity (Wildman–Crippen MR) is 211 cm³/mol. The first-order chi connectivity index (χ1) is 27.0. The SMILES string of the molecule is CCO[C@@H]1[C@H](O)[C@@H](COC(c2ccccc2)(c2ccc(OC)cc2)c2ccc(OC)cc2)O[C@H]1n1ccc(NC(=O)COc2ccc(C(C)(C)C)cc2)nc1=O. The molecular formula is C44H49N3O9. The second kappa shape index (κ2) is 17.5. The Bertz CT molecular complexity index is 2050. The minimum atomic E-state index is -1.18. The van der Waals surface area contributed by atoms with E-state index in [1.165, 1.54) is 16.8 Å². The number of benzene rings is 4. The van der Waals surface area contributed by atoms with Crippen molar-refractivity contribution in [2.45, 2.75) is 63.3 Å². The number of aliphatic hydroxyl groups excluding tert-OH is 1. The van der Waals surface area contributed by atoms with Crippen LogP contribution in [-0.2, 0) is 30.0 Å². The van der Waals surface area contributed by atoms with Crippen LogP contribution in [0.4, 0.5) is 5.82 Å². The lowest BCUT2D eigenvalue weighted by Gasteiger charge is -2.37. The van der Waals surface area contributed by atoms with Gasteiger partial charge in [0.2, 0.25) is 0 Å². The molecule has 1 fully saturated rings. The number of methoxy groups -OCH3 is 2. The van der Waals surface area contributed by atoms with E-state index in [1.54, 1.807) is 21.1 Å². The molecule has 0 saturated carbocycles. The van der Waals surface area contributed by atoms with E-state index in [2.05, 4.69) is 31.1 Å². The number of rotatable bonds is 15. The molecule has 6 rings (SSSR count). The van der Waals surface area contributed by atoms with Gasteiger partial charge in [0, 0.05) is 12.8 Å². The molecule has 294 valence electrons. The van der Waals surface area contributed by atoms with Crippen LogP contribution in [0.3, 0.4) is 0 Å². The maximum atomic E-state index is 13.4. The zero-order chi connectivity index (χ0) is 39.9. The molecule has 56 heavy (non-hydrogen) atoms. The number of anilines is 1. The highest BCUT2D eigenvalue weighted by molar-refractivity contribution is 5.90. The van der Waals surface area contributed by atoms with E-state index in [-0.39, 0.29) is 31.1 Å². The van der Waals surface area contributed by atoms with Crippen molar-refractivity contribution in [2.75, 3.05) is 39.4 Å². The molecule has 1 aromatic heterocycles. The number of amides is 1. The number of hydrogen-bond acceptors (Lipinski definition) is 10. The summed E-state index contributed by atoms with van der Waals surface area (Å²) in [7, 11) is 3.22. The van der Waals surface area contributed by atoms with Crippen LogP contribution >= 0.6 is 0 Å². The number of nitrogens with one attached hydrogen (secondary N) is 1. The third-order valence-electron chi connectivity index (χ3n) is 9.77. The minimum absolute atomic E-state index is 0.00917. The number of carbonyl (C=O) groups excluding carboxylic acids is 1. The third kappa shape index (κ3) is 8.79. The first kappa shape index (κ1) is 40.1. The van der Waals surface area contributed by atoms with Crippen molar-refractivity contribution >= 4 is 11.7 Å². The second-order valence-electron chi connectivity index (χ2n) is 14.4. The maximum absolute atomic E-state index is 13.4. The lowest BCUT2D eigenvalue weighted by Crippen LogP contribution is -2.40. The normalized spacial score (nSPS) is 18.3. The van der Waals surface area contributed by atoms with E-state index < -0.39 is 41.7 Å². The lowest BCUT2D eigenvalue weighted by molar-refractivity contribution is -0.118. The summed E-state index contributed by atoms with van der Waals surface area (Å²) in [6.07, 6.45) is -2.62. The minimum Gasteiger partial charge on any atom is -0.497 e. The van der Waals surface area contributed by atoms with Crippen LogP contribution in [0.25, 0.3) is 0 Å². The molecule has 12 heteroatoms. The summed E-state index contributed by atoms with van der Waals surface area (Å²) in [6, 6.07) is 34.0. The Labute approximate surface area is 326 Å². The van der Waals surface area contributed by atoms with Crippen LogP contribution in [-0.4, -0.2) is 72.9 Å². The number of hydrogen-bond donors (Lipinski definition) is 2. The van der Waals surface area contributed by atoms with Gasteiger partial charge in [-0.15, -0.1) is 0 Å². The molecule has 2 N–H and O–H groups in total. The van der Waals surface area contributed by atoms with Crippen molar-refractivity contribution < 1.29 is 38.3 Å². The fourth-order valence-electron chi connectivity index (χ4n) is 6.79. The van der Waals surface area contributed by atoms with Crippen LogP contribution in [0.15, 0.2) is 120 Å². The largest absolute Gasteiger partial charge is 0.497 e. The van der Waals surface area contributed by atoms with Gasteiger partial charge in [0.05, 0.1) is 20.8 Å². The van der Waals surface area contributed by atoms with Gasteiger partial charge in [0.15, 0.2) is 12.8 Å². The summed E-state index contributed by atoms with van der Waals surface area (Å²) in [5.74, 6) is 1.47. The molecule has 1 aliphatic heterocycles. The number of aliphatic hydroxyl groups is 1. The Balaban J connectivity index is 1.22. The lowest BCUT2D eigenvalue weighted by atomic mass is 9.80. The fraction of sp³-hybridized carbons (Fsp3) is 0.341. The number of aromatic nitrogens is 2. The molecule has 5 aromatic rings. The maximum Gasteiger partial charge on any atom is 0.351 e. The quantitative estimate of drug-likeness (QED) is 0.118. The van der Waals surface area contributed by atoms with E-state index in [9.17, 15) is 14.7 Å². The molecule has 0 aliphatic carbocycles. The molecule has 12 nitrogen and oxygen atoms in total. The van der Waals surface area contributed by atoms with Gasteiger partial charge in [-0.1, -0.05) is 87.5 Å². The van der Waals surface area contributed by atoms with Crippen LogP contribution in [0.5, 0.6) is 17.2 Å². The highest BCUT2D eigenvalue weighted by atomic mass is 16.6. The zero-order valence-corrected chi connectivity index (χ0v) is 32.5. The Morgan fingerprint density at radius 1 is 0.804 bits per heavy atom. The molecule has 2 heterocycles. The van der Waals surface area contributed by atoms with Crippen molar-refractivity contribution in [1.29, 1.82) is 0 Å². The van der Waals surface area contributed by atoms with E-state index in [0.717, 1.165) is 22.3 Å². The molecule has 1 amide bonds. The van der Waals surface area contributed by atoms with Crippen molar-refractivity contribution in [2.24, 2.45) is 0 Å². The van der Waals surface area contributed by atoms with Crippen molar-refractivity contribution in [1.82, 2.24) is 9.55 Å². The second-order valence-corrected chi connectivity index (χ2v) is 14.4. The molecule has 1 saturated heterocycles. The summed E-state index contributed by atoms with van der Waals surface area (Å²) in [5, 5.41) is 14.3. The van der Waals surface area contributed by atoms with Crippen molar-refractivity contribution in [3.05, 3.63) is 148 Å². The Morgan fingerprint density at radius 3 is 1.89 bits per heavy atom. The molecular weight excluding hydrogens is 714 g/mol. The van der Waals surface area contributed by atoms with Crippen LogP contribution in [0.2, 0.25) is 0 Å². The molecule has 4 aromatic carbocycles. The average molecular weight is 764 g/mol. The summed E-state index contributed by atoms with van der Waals surface area (Å²) in [6.45, 7) is 8.03. The van der Waals surface area contributed by atoms with E-state index in [4.69, 9.17) is 28.4 Å². The topological polar surface area (TPSA) is 140 Å². The summed E-state index contributed by atoms with van der Waals surface area (Å²) in [5.41, 5.74) is 1.71. The third-order valence-corrected chi connectivity index (χ3v) is 9.77. The molecule has 1 aliphatic rings. The first-order valence-electron chi connectivity index (χ1n) is 18.5. The van der Waals surface area contributed by atoms with Gasteiger partial charge in [0.1, 0.15) is 47.0 Å². The molecule has 0 spiro atoms. The van der Waals surface area contributed by atoms with Crippen molar-refractivity contribution in [3.8, 4) is 17.2 Å². The monoisotopic (exact) mass is 763 g/mol. The Kier molecular flexibility index (Phi) is 12.6. The predicted octanol–water partition coefficient (Wildman–Crippen LogP) is 6.25. The van der Waals surface area contributed by atoms with Gasteiger partial charge in [-0.05, 0) is 77.1 Å². The van der Waals surface area contributed by atoms with Gasteiger partial charge in [-0.25, -0.2) is 4.79 Å². The first-order valence-corrected chi connectivity index (χ1v) is 18.5. The van der Waals surface area contributed by atoms with Gasteiger partial charge in [-0.2, -0.15) is 4.98 Å². The van der Waals surface area contributed by atoms with E-state index >= 15 is 0 Å². The number of nitrogens with zero attached hydrogens (tertiary/aromatic N) is 2. The van der Waals surface area contributed by atoms with Crippen molar-refractivity contribution in [3.63, 3.8) is 0 Å². The Morgan fingerprint density at radius 2 is 1.36 bits per heavy atom. The summed E-state index contributed by atoms with van der Waals surface area (Å²) >= 11 is 0. The van der Waals surface area contributed by atoms with Gasteiger partial charge in [0.25, 0.3) is 5.91 Å². The van der Waals surface area contributed by atoms with E-state index in [0.29, 0.717) is 17.2 Å². The fourth-order valence-corrected chi connectivity index (χ4v) is 6.79. The van der Waals surface area contributed by atoms with E-state index in [1.807, 2.05) is 103 Å². The number of ether oxygens (including phenoxy) is 6. The summed E-state index contributed by atoms with van der Waals surface area (Å²) in [4.78, 5) is 30.2. The van der Waals surface area contributed by atoms with Crippen LogP contribution in [0.1, 0.15) is 56.2 Å². The smallest absolute Gasteiger partial charge is 0.351 e. The standard InChI is InChI=1S/C44H49N3O9/c1-7-53-40-39(49)36(56-41(40)47-26-25-37(46-42(47)50)45-38(48)28-54-35-23-13-29(14-24-35)43(2,3)4)27-55-44(30-11-9-8-10-12-30,31-15-19-33(51-5)20-16-31)32-17-21-34(52-6)22-18-32/h8-26,36,39-41,49H,7,27-28H2,1-6H3,(H,45,46,48,50)/t36-,39-,40-,41-/m1/s1. The highest BCUT2D eigenvalue weighted by Crippen LogP contribution is 2.43. The van der Waals surface area contributed by atoms with Crippen LogP contribution in [0, 0.1) is 0 Å². The average Bonchev–Trinajstić information content (AvgIpc) is 3.51. The molecule has 0 bridgehead atoms.